The van der Waals surface area contributed by atoms with E-state index in [9.17, 15) is 4.79 Å². The van der Waals surface area contributed by atoms with E-state index in [1.54, 1.807) is 0 Å². The molecule has 4 N–H and O–H groups in total. The summed E-state index contributed by atoms with van der Waals surface area (Å²) in [5, 5.41) is 6.01. The first kappa shape index (κ1) is 13.7. The fraction of sp³-hybridized carbons (Fsp3) is 0.462. The molecule has 19 heavy (non-hydrogen) atoms. The lowest BCUT2D eigenvalue weighted by atomic mass is 10.0. The number of anilines is 1. The maximum absolute atomic E-state index is 11.8. The standard InChI is InChI=1S/C13H18N4OS/c1-7-6-8(2)16-12(10(7)11(14)19)17-9-4-3-5-15-13(9)18/h6,9H,3-5H2,1-2H3,(H2,14,19)(H,15,18)(H,16,17). The van der Waals surface area contributed by atoms with Gasteiger partial charge in [-0.2, -0.15) is 0 Å². The van der Waals surface area contributed by atoms with Gasteiger partial charge in [0.2, 0.25) is 5.91 Å². The number of carbonyl (C=O) groups is 1. The summed E-state index contributed by atoms with van der Waals surface area (Å²) in [6.45, 7) is 4.58. The largest absolute Gasteiger partial charge is 0.389 e. The van der Waals surface area contributed by atoms with Crippen LogP contribution < -0.4 is 16.4 Å². The third-order valence-corrected chi connectivity index (χ3v) is 3.39. The molecular formula is C13H18N4OS. The van der Waals surface area contributed by atoms with Crippen LogP contribution in [0, 0.1) is 13.8 Å². The number of hydrogen-bond acceptors (Lipinski definition) is 4. The predicted octanol–water partition coefficient (Wildman–Crippen LogP) is 1.02. The summed E-state index contributed by atoms with van der Waals surface area (Å²) in [7, 11) is 0. The molecule has 1 amide bonds. The van der Waals surface area contributed by atoms with Crippen LogP contribution in [0.3, 0.4) is 0 Å². The highest BCUT2D eigenvalue weighted by atomic mass is 32.1. The molecule has 1 aromatic heterocycles. The van der Waals surface area contributed by atoms with Crippen LogP contribution in [0.2, 0.25) is 0 Å². The predicted molar refractivity (Wildman–Crippen MR) is 79.3 cm³/mol. The van der Waals surface area contributed by atoms with Crippen LogP contribution in [0.25, 0.3) is 0 Å². The Morgan fingerprint density at radius 3 is 2.95 bits per heavy atom. The molecule has 0 bridgehead atoms. The second-order valence-corrected chi connectivity index (χ2v) is 5.24. The van der Waals surface area contributed by atoms with Crippen LogP contribution >= 0.6 is 12.2 Å². The van der Waals surface area contributed by atoms with Crippen molar-refractivity contribution in [3.8, 4) is 0 Å². The number of piperidine rings is 1. The second kappa shape index (κ2) is 5.52. The second-order valence-electron chi connectivity index (χ2n) is 4.80. The van der Waals surface area contributed by atoms with Gasteiger partial charge in [0.1, 0.15) is 16.8 Å². The van der Waals surface area contributed by atoms with Gasteiger partial charge in [0, 0.05) is 12.2 Å². The van der Waals surface area contributed by atoms with Gasteiger partial charge in [0.25, 0.3) is 0 Å². The van der Waals surface area contributed by atoms with Crippen LogP contribution in [0.1, 0.15) is 29.7 Å². The third kappa shape index (κ3) is 3.01. The van der Waals surface area contributed by atoms with E-state index in [1.165, 1.54) is 0 Å². The van der Waals surface area contributed by atoms with Gasteiger partial charge in [-0.05, 0) is 38.3 Å². The van der Waals surface area contributed by atoms with Crippen LogP contribution in [0.5, 0.6) is 0 Å². The molecule has 1 fully saturated rings. The molecule has 2 rings (SSSR count). The molecule has 2 heterocycles. The first-order chi connectivity index (χ1) is 8.99. The smallest absolute Gasteiger partial charge is 0.242 e. The zero-order valence-electron chi connectivity index (χ0n) is 11.1. The first-order valence-electron chi connectivity index (χ1n) is 6.31. The van der Waals surface area contributed by atoms with Crippen molar-refractivity contribution >= 4 is 28.9 Å². The van der Waals surface area contributed by atoms with E-state index in [0.29, 0.717) is 10.8 Å². The molecule has 1 atom stereocenters. The highest BCUT2D eigenvalue weighted by Crippen LogP contribution is 2.21. The molecule has 1 saturated heterocycles. The van der Waals surface area contributed by atoms with Crippen LogP contribution in [-0.4, -0.2) is 28.5 Å². The topological polar surface area (TPSA) is 80.0 Å². The van der Waals surface area contributed by atoms with Gasteiger partial charge < -0.3 is 16.4 Å². The number of thiocarbonyl (C=S) groups is 1. The Bertz CT molecular complexity index is 530. The van der Waals surface area contributed by atoms with Crippen LogP contribution in [0.4, 0.5) is 5.82 Å². The van der Waals surface area contributed by atoms with Gasteiger partial charge in [0.15, 0.2) is 0 Å². The number of hydrogen-bond donors (Lipinski definition) is 3. The zero-order chi connectivity index (χ0) is 14.0. The summed E-state index contributed by atoms with van der Waals surface area (Å²) < 4.78 is 0. The Balaban J connectivity index is 2.33. The van der Waals surface area contributed by atoms with Gasteiger partial charge in [-0.25, -0.2) is 4.98 Å². The molecule has 0 aliphatic carbocycles. The number of rotatable bonds is 3. The van der Waals surface area contributed by atoms with Crippen molar-refractivity contribution in [2.24, 2.45) is 5.73 Å². The Kier molecular flexibility index (Phi) is 3.99. The number of aromatic nitrogens is 1. The summed E-state index contributed by atoms with van der Waals surface area (Å²) in [5.41, 5.74) is 8.32. The van der Waals surface area contributed by atoms with Gasteiger partial charge in [0.05, 0.1) is 5.56 Å². The van der Waals surface area contributed by atoms with E-state index in [4.69, 9.17) is 18.0 Å². The number of carbonyl (C=O) groups excluding carboxylic acids is 1. The molecule has 5 nitrogen and oxygen atoms in total. The zero-order valence-corrected chi connectivity index (χ0v) is 11.9. The summed E-state index contributed by atoms with van der Waals surface area (Å²) in [4.78, 5) is 16.5. The van der Waals surface area contributed by atoms with E-state index >= 15 is 0 Å². The molecular weight excluding hydrogens is 260 g/mol. The highest BCUT2D eigenvalue weighted by molar-refractivity contribution is 7.80. The maximum Gasteiger partial charge on any atom is 0.242 e. The van der Waals surface area contributed by atoms with Crippen LogP contribution in [-0.2, 0) is 4.79 Å². The number of nitrogens with one attached hydrogen (secondary N) is 2. The average Bonchev–Trinajstić information content (AvgIpc) is 2.30. The number of aryl methyl sites for hydroxylation is 2. The molecule has 0 saturated carbocycles. The molecule has 1 aromatic rings. The molecule has 1 aliphatic heterocycles. The highest BCUT2D eigenvalue weighted by Gasteiger charge is 2.24. The number of amides is 1. The number of pyridine rings is 1. The van der Waals surface area contributed by atoms with Crippen molar-refractivity contribution in [3.63, 3.8) is 0 Å². The van der Waals surface area contributed by atoms with Crippen molar-refractivity contribution in [1.29, 1.82) is 0 Å². The summed E-state index contributed by atoms with van der Waals surface area (Å²) in [5.74, 6) is 0.605. The number of nitrogens with zero attached hydrogens (tertiary/aromatic N) is 1. The molecule has 0 aromatic carbocycles. The first-order valence-corrected chi connectivity index (χ1v) is 6.72. The van der Waals surface area contributed by atoms with E-state index in [0.717, 1.165) is 36.2 Å². The minimum absolute atomic E-state index is 0.00102. The van der Waals surface area contributed by atoms with Gasteiger partial charge in [-0.1, -0.05) is 12.2 Å². The summed E-state index contributed by atoms with van der Waals surface area (Å²) in [6.07, 6.45) is 1.74. The van der Waals surface area contributed by atoms with Crippen molar-refractivity contribution in [1.82, 2.24) is 10.3 Å². The van der Waals surface area contributed by atoms with Gasteiger partial charge in [-0.15, -0.1) is 0 Å². The van der Waals surface area contributed by atoms with E-state index in [-0.39, 0.29) is 11.9 Å². The Hall–Kier alpha value is -1.69. The van der Waals surface area contributed by atoms with Gasteiger partial charge in [-0.3, -0.25) is 4.79 Å². The monoisotopic (exact) mass is 278 g/mol. The molecule has 102 valence electrons. The van der Waals surface area contributed by atoms with E-state index in [2.05, 4.69) is 15.6 Å². The minimum Gasteiger partial charge on any atom is -0.389 e. The molecule has 0 spiro atoms. The Morgan fingerprint density at radius 1 is 1.58 bits per heavy atom. The molecule has 6 heteroatoms. The van der Waals surface area contributed by atoms with E-state index in [1.807, 2.05) is 19.9 Å². The van der Waals surface area contributed by atoms with Crippen molar-refractivity contribution in [2.45, 2.75) is 32.7 Å². The summed E-state index contributed by atoms with van der Waals surface area (Å²) >= 11 is 5.07. The number of nitrogens with two attached hydrogens (primary N) is 1. The lowest BCUT2D eigenvalue weighted by molar-refractivity contribution is -0.123. The maximum atomic E-state index is 11.8. The van der Waals surface area contributed by atoms with Crippen LogP contribution in [0.15, 0.2) is 6.07 Å². The minimum atomic E-state index is -0.268. The van der Waals surface area contributed by atoms with Gasteiger partial charge >= 0.3 is 0 Å². The third-order valence-electron chi connectivity index (χ3n) is 3.19. The fourth-order valence-corrected chi connectivity index (χ4v) is 2.58. The van der Waals surface area contributed by atoms with Crippen molar-refractivity contribution in [2.75, 3.05) is 11.9 Å². The Morgan fingerprint density at radius 2 is 2.32 bits per heavy atom. The van der Waals surface area contributed by atoms with Crippen molar-refractivity contribution < 1.29 is 4.79 Å². The molecule has 1 aliphatic rings. The molecule has 0 radical (unpaired) electrons. The lowest BCUT2D eigenvalue weighted by Gasteiger charge is -2.24. The fourth-order valence-electron chi connectivity index (χ4n) is 2.33. The SMILES string of the molecule is Cc1cc(C)c(C(N)=S)c(NC2CCCNC2=O)n1. The van der Waals surface area contributed by atoms with E-state index < -0.39 is 0 Å². The Labute approximate surface area is 118 Å². The lowest BCUT2D eigenvalue weighted by Crippen LogP contribution is -2.44. The quantitative estimate of drug-likeness (QED) is 0.719. The normalized spacial score (nSPS) is 18.8. The average molecular weight is 278 g/mol. The van der Waals surface area contributed by atoms with Crippen molar-refractivity contribution in [3.05, 3.63) is 22.9 Å². The molecule has 1 unspecified atom stereocenters. The summed E-state index contributed by atoms with van der Waals surface area (Å²) in [6, 6.07) is 1.66.